The number of rotatable bonds is 7. The molecule has 0 aliphatic heterocycles. The Morgan fingerprint density at radius 2 is 1.62 bits per heavy atom. The van der Waals surface area contributed by atoms with Crippen molar-refractivity contribution in [1.82, 2.24) is 0 Å². The largest absolute Gasteiger partial charge is 0.497 e. The fraction of sp³-hybridized carbons (Fsp3) is 0.263. The van der Waals surface area contributed by atoms with Crippen molar-refractivity contribution in [2.75, 3.05) is 24.9 Å². The number of carbonyl (C=O) groups excluding carboxylic acids is 2. The van der Waals surface area contributed by atoms with Crippen LogP contribution in [0, 0.1) is 0 Å². The van der Waals surface area contributed by atoms with Crippen LogP contribution >= 0.6 is 11.8 Å². The van der Waals surface area contributed by atoms with E-state index in [-0.39, 0.29) is 17.1 Å². The van der Waals surface area contributed by atoms with Gasteiger partial charge in [-0.25, -0.2) is 0 Å². The summed E-state index contributed by atoms with van der Waals surface area (Å²) >= 11 is 1.41. The number of methoxy groups -OCH3 is 2. The zero-order chi connectivity index (χ0) is 19.1. The molecule has 0 aromatic heterocycles. The van der Waals surface area contributed by atoms with Gasteiger partial charge >= 0.3 is 0 Å². The second-order valence-corrected chi connectivity index (χ2v) is 6.97. The molecule has 6 nitrogen and oxygen atoms in total. The minimum atomic E-state index is -0.334. The van der Waals surface area contributed by atoms with E-state index >= 15 is 0 Å². The molecule has 2 aromatic rings. The fourth-order valence-corrected chi connectivity index (χ4v) is 3.16. The zero-order valence-corrected chi connectivity index (χ0v) is 16.0. The summed E-state index contributed by atoms with van der Waals surface area (Å²) in [6, 6.07) is 12.6. The highest BCUT2D eigenvalue weighted by molar-refractivity contribution is 8.00. The minimum absolute atomic E-state index is 0.134. The van der Waals surface area contributed by atoms with E-state index in [9.17, 15) is 9.59 Å². The summed E-state index contributed by atoms with van der Waals surface area (Å²) in [7, 11) is 3.11. The molecule has 0 spiro atoms. The maximum Gasteiger partial charge on any atom is 0.237 e. The zero-order valence-electron chi connectivity index (χ0n) is 15.2. The number of ether oxygens (including phenoxy) is 2. The van der Waals surface area contributed by atoms with Crippen molar-refractivity contribution in [3.05, 3.63) is 42.5 Å². The molecular weight excluding hydrogens is 352 g/mol. The Morgan fingerprint density at radius 3 is 2.19 bits per heavy atom. The van der Waals surface area contributed by atoms with Gasteiger partial charge in [0.05, 0.1) is 19.5 Å². The van der Waals surface area contributed by atoms with E-state index in [0.29, 0.717) is 22.9 Å². The van der Waals surface area contributed by atoms with Crippen LogP contribution in [0.25, 0.3) is 0 Å². The molecule has 2 rings (SSSR count). The van der Waals surface area contributed by atoms with Gasteiger partial charge in [-0.15, -0.1) is 11.8 Å². The van der Waals surface area contributed by atoms with E-state index in [1.165, 1.54) is 18.7 Å². The number of nitrogens with one attached hydrogen (secondary N) is 2. The van der Waals surface area contributed by atoms with Gasteiger partial charge in [0.15, 0.2) is 0 Å². The first-order chi connectivity index (χ1) is 12.4. The number of benzene rings is 2. The number of hydrogen-bond acceptors (Lipinski definition) is 5. The molecule has 1 atom stereocenters. The van der Waals surface area contributed by atoms with Gasteiger partial charge in [0, 0.05) is 41.4 Å². The molecule has 138 valence electrons. The van der Waals surface area contributed by atoms with Crippen molar-refractivity contribution in [3.63, 3.8) is 0 Å². The Hall–Kier alpha value is -2.67. The van der Waals surface area contributed by atoms with E-state index in [2.05, 4.69) is 10.6 Å². The normalized spacial score (nSPS) is 11.4. The van der Waals surface area contributed by atoms with E-state index in [0.717, 1.165) is 4.90 Å². The Bertz CT molecular complexity index is 773. The van der Waals surface area contributed by atoms with Crippen molar-refractivity contribution in [2.45, 2.75) is 24.0 Å². The van der Waals surface area contributed by atoms with Gasteiger partial charge in [-0.05, 0) is 25.1 Å². The lowest BCUT2D eigenvalue weighted by Gasteiger charge is -2.14. The van der Waals surface area contributed by atoms with Crippen molar-refractivity contribution in [3.8, 4) is 11.5 Å². The van der Waals surface area contributed by atoms with Crippen LogP contribution < -0.4 is 20.1 Å². The summed E-state index contributed by atoms with van der Waals surface area (Å²) in [6.45, 7) is 3.28. The van der Waals surface area contributed by atoms with Gasteiger partial charge in [-0.3, -0.25) is 9.59 Å². The van der Waals surface area contributed by atoms with Crippen LogP contribution in [0.4, 0.5) is 11.4 Å². The Kier molecular flexibility index (Phi) is 6.91. The Morgan fingerprint density at radius 1 is 0.962 bits per heavy atom. The summed E-state index contributed by atoms with van der Waals surface area (Å²) in [5.41, 5.74) is 1.30. The average Bonchev–Trinajstić information content (AvgIpc) is 2.60. The average molecular weight is 374 g/mol. The van der Waals surface area contributed by atoms with Gasteiger partial charge < -0.3 is 20.1 Å². The highest BCUT2D eigenvalue weighted by Crippen LogP contribution is 2.29. The smallest absolute Gasteiger partial charge is 0.237 e. The van der Waals surface area contributed by atoms with Crippen molar-refractivity contribution in [1.29, 1.82) is 0 Å². The maximum absolute atomic E-state index is 12.5. The molecule has 0 saturated heterocycles. The van der Waals surface area contributed by atoms with Gasteiger partial charge in [-0.2, -0.15) is 0 Å². The van der Waals surface area contributed by atoms with E-state index in [4.69, 9.17) is 9.47 Å². The molecule has 2 amide bonds. The second-order valence-electron chi connectivity index (χ2n) is 5.56. The van der Waals surface area contributed by atoms with Crippen molar-refractivity contribution < 1.29 is 19.1 Å². The summed E-state index contributed by atoms with van der Waals surface area (Å²) in [6.07, 6.45) is 0. The van der Waals surface area contributed by atoms with E-state index in [1.54, 1.807) is 38.5 Å². The monoisotopic (exact) mass is 374 g/mol. The van der Waals surface area contributed by atoms with Gasteiger partial charge in [0.1, 0.15) is 11.5 Å². The summed E-state index contributed by atoms with van der Waals surface area (Å²) in [5.74, 6) is 0.922. The summed E-state index contributed by atoms with van der Waals surface area (Å²) in [5, 5.41) is 5.27. The summed E-state index contributed by atoms with van der Waals surface area (Å²) < 4.78 is 10.4. The van der Waals surface area contributed by atoms with Gasteiger partial charge in [0.25, 0.3) is 0 Å². The molecule has 0 bridgehead atoms. The van der Waals surface area contributed by atoms with Crippen LogP contribution in [0.5, 0.6) is 11.5 Å². The lowest BCUT2D eigenvalue weighted by molar-refractivity contribution is -0.115. The predicted octanol–water partition coefficient (Wildman–Crippen LogP) is 3.78. The molecule has 7 heteroatoms. The van der Waals surface area contributed by atoms with Crippen LogP contribution in [0.2, 0.25) is 0 Å². The lowest BCUT2D eigenvalue weighted by Crippen LogP contribution is -2.22. The van der Waals surface area contributed by atoms with Gasteiger partial charge in [0.2, 0.25) is 11.8 Å². The molecule has 0 aliphatic rings. The maximum atomic E-state index is 12.5. The van der Waals surface area contributed by atoms with Crippen molar-refractivity contribution >= 4 is 35.0 Å². The molecular formula is C19H22N2O4S. The quantitative estimate of drug-likeness (QED) is 0.721. The molecule has 26 heavy (non-hydrogen) atoms. The topological polar surface area (TPSA) is 76.7 Å². The number of amides is 2. The summed E-state index contributed by atoms with van der Waals surface area (Å²) in [4.78, 5) is 24.5. The highest BCUT2D eigenvalue weighted by atomic mass is 32.2. The lowest BCUT2D eigenvalue weighted by atomic mass is 10.2. The fourth-order valence-electron chi connectivity index (χ4n) is 2.23. The molecule has 1 unspecified atom stereocenters. The predicted molar refractivity (Wildman–Crippen MR) is 104 cm³/mol. The van der Waals surface area contributed by atoms with Gasteiger partial charge in [-0.1, -0.05) is 6.07 Å². The molecule has 0 saturated carbocycles. The minimum Gasteiger partial charge on any atom is -0.497 e. The van der Waals surface area contributed by atoms with Crippen LogP contribution in [-0.2, 0) is 9.59 Å². The first-order valence-electron chi connectivity index (χ1n) is 7.99. The first kappa shape index (κ1) is 19.7. The first-order valence-corrected chi connectivity index (χ1v) is 8.87. The SMILES string of the molecule is COc1cc(NC(=O)C(C)Sc2cccc(NC(C)=O)c2)cc(OC)c1. The second kappa shape index (κ2) is 9.15. The standard InChI is InChI=1S/C19H22N2O4S/c1-12(26-18-7-5-6-14(10-18)20-13(2)22)19(23)21-15-8-16(24-3)11-17(9-15)25-4/h5-12H,1-4H3,(H,20,22)(H,21,23). The molecule has 0 heterocycles. The van der Waals surface area contributed by atoms with Crippen LogP contribution in [0.1, 0.15) is 13.8 Å². The molecule has 2 N–H and O–H groups in total. The number of carbonyl (C=O) groups is 2. The number of hydrogen-bond donors (Lipinski definition) is 2. The highest BCUT2D eigenvalue weighted by Gasteiger charge is 2.16. The number of thioether (sulfide) groups is 1. The Labute approximate surface area is 157 Å². The molecule has 0 fully saturated rings. The molecule has 0 aliphatic carbocycles. The third kappa shape index (κ3) is 5.70. The Balaban J connectivity index is 2.05. The number of anilines is 2. The third-order valence-electron chi connectivity index (χ3n) is 3.46. The van der Waals surface area contributed by atoms with Crippen molar-refractivity contribution in [2.24, 2.45) is 0 Å². The molecule has 2 aromatic carbocycles. The van der Waals surface area contributed by atoms with E-state index in [1.807, 2.05) is 25.1 Å². The van der Waals surface area contributed by atoms with Crippen LogP contribution in [0.3, 0.4) is 0 Å². The van der Waals surface area contributed by atoms with Crippen LogP contribution in [0.15, 0.2) is 47.4 Å². The molecule has 0 radical (unpaired) electrons. The van der Waals surface area contributed by atoms with E-state index < -0.39 is 0 Å². The third-order valence-corrected chi connectivity index (χ3v) is 4.55. The van der Waals surface area contributed by atoms with Crippen LogP contribution in [-0.4, -0.2) is 31.3 Å².